The monoisotopic (exact) mass is 483 g/mol. The standard InChI is InChI=1S/C18H25.C6H10.2ClH.Zr/c1-5-14-13-18(8-4,15-11-9-10-12-15)17(7-3)16(14)6-2;1-2-4-6-5-3-1;;;/h9-11H,5-8,12H2,1-4H3;1-5H2;2*1H;/q-1;;;;+2/p-2. The Hall–Kier alpha value is 0.293. The van der Waals surface area contributed by atoms with Crippen LogP contribution in [0, 0.1) is 11.5 Å². The molecule has 1 fully saturated rings. The summed E-state index contributed by atoms with van der Waals surface area (Å²) in [7, 11) is 0. The topological polar surface area (TPSA) is 0 Å². The van der Waals surface area contributed by atoms with E-state index < -0.39 is 0 Å². The van der Waals surface area contributed by atoms with Crippen molar-refractivity contribution in [1.82, 2.24) is 0 Å². The van der Waals surface area contributed by atoms with Gasteiger partial charge in [0.25, 0.3) is 0 Å². The fourth-order valence-corrected chi connectivity index (χ4v) is 5.51. The summed E-state index contributed by atoms with van der Waals surface area (Å²) in [5.74, 6) is 0. The van der Waals surface area contributed by atoms with Gasteiger partial charge >= 0.3 is 59.5 Å². The zero-order valence-corrected chi connectivity index (χ0v) is 21.5. The molecule has 0 bridgehead atoms. The van der Waals surface area contributed by atoms with Crippen LogP contribution in [0.25, 0.3) is 0 Å². The average Bonchev–Trinajstić information content (AvgIpc) is 3.28. The first-order valence-electron chi connectivity index (χ1n) is 10.4. The van der Waals surface area contributed by atoms with Crippen molar-refractivity contribution in [2.75, 3.05) is 0 Å². The van der Waals surface area contributed by atoms with Crippen LogP contribution >= 0.6 is 0 Å². The van der Waals surface area contributed by atoms with Gasteiger partial charge in [-0.15, -0.1) is 0 Å². The third-order valence-corrected chi connectivity index (χ3v) is 7.20. The summed E-state index contributed by atoms with van der Waals surface area (Å²) in [6, 6.07) is 0. The van der Waals surface area contributed by atoms with Crippen molar-refractivity contribution in [1.29, 1.82) is 0 Å². The van der Waals surface area contributed by atoms with Crippen LogP contribution in [-0.4, -0.2) is 3.21 Å². The fourth-order valence-electron chi connectivity index (χ4n) is 4.64. The van der Waals surface area contributed by atoms with Gasteiger partial charge in [0.15, 0.2) is 0 Å². The molecule has 0 spiro atoms. The van der Waals surface area contributed by atoms with Crippen molar-refractivity contribution in [3.05, 3.63) is 46.6 Å². The molecular weight excluding hydrogens is 450 g/mol. The first-order valence-corrected chi connectivity index (χ1v) is 11.6. The molecule has 1 unspecified atom stereocenters. The average molecular weight is 486 g/mol. The molecule has 3 rings (SSSR count). The Kier molecular flexibility index (Phi) is 13.7. The van der Waals surface area contributed by atoms with E-state index in [-0.39, 0.29) is 30.2 Å². The molecule has 0 aromatic heterocycles. The Bertz CT molecular complexity index is 602. The van der Waals surface area contributed by atoms with Gasteiger partial charge in [-0.25, -0.2) is 5.57 Å². The van der Waals surface area contributed by atoms with E-state index in [9.17, 15) is 0 Å². The van der Waals surface area contributed by atoms with Crippen molar-refractivity contribution in [2.45, 2.75) is 91.9 Å². The first kappa shape index (κ1) is 27.3. The predicted octanol–water partition coefficient (Wildman–Crippen LogP) is 1.22. The fraction of sp³-hybridized carbons (Fsp3) is 0.625. The van der Waals surface area contributed by atoms with Gasteiger partial charge in [0, 0.05) is 0 Å². The molecule has 0 radical (unpaired) electrons. The molecule has 3 aliphatic rings. The molecule has 0 saturated heterocycles. The van der Waals surface area contributed by atoms with Gasteiger partial charge in [0.2, 0.25) is 0 Å². The molecule has 0 heterocycles. The molecule has 0 amide bonds. The van der Waals surface area contributed by atoms with Crippen LogP contribution in [0.3, 0.4) is 0 Å². The van der Waals surface area contributed by atoms with E-state index in [0.717, 1.165) is 32.1 Å². The minimum atomic E-state index is 0. The number of hydrogen-bond donors (Lipinski definition) is 0. The van der Waals surface area contributed by atoms with E-state index in [1.807, 2.05) is 0 Å². The molecule has 0 nitrogen and oxygen atoms in total. The van der Waals surface area contributed by atoms with Crippen LogP contribution in [0.15, 0.2) is 40.5 Å². The van der Waals surface area contributed by atoms with Crippen molar-refractivity contribution in [3.8, 4) is 0 Å². The Morgan fingerprint density at radius 2 is 1.63 bits per heavy atom. The third-order valence-electron chi connectivity index (χ3n) is 5.98. The maximum atomic E-state index is 3.88. The molecule has 1 atom stereocenters. The van der Waals surface area contributed by atoms with Crippen LogP contribution in [0.2, 0.25) is 0 Å². The van der Waals surface area contributed by atoms with E-state index in [1.165, 1.54) is 37.7 Å². The van der Waals surface area contributed by atoms with Crippen molar-refractivity contribution in [2.24, 2.45) is 5.41 Å². The third kappa shape index (κ3) is 6.39. The number of rotatable bonds is 5. The molecule has 0 N–H and O–H groups in total. The van der Waals surface area contributed by atoms with Gasteiger partial charge in [-0.1, -0.05) is 82.6 Å². The zero-order chi connectivity index (χ0) is 18.3. The Labute approximate surface area is 195 Å². The SMILES string of the molecule is CCC1=[C-]C(CC)(C2=CC=CC2)C(CC)=C1CC.[Cl-].[Cl-].[Zr+2]=[C]1CCCCC1. The summed E-state index contributed by atoms with van der Waals surface area (Å²) < 4.78 is 1.80. The second-order valence-corrected chi connectivity index (χ2v) is 9.11. The second-order valence-electron chi connectivity index (χ2n) is 7.37. The summed E-state index contributed by atoms with van der Waals surface area (Å²) >= 11 is 1.69. The molecule has 0 aromatic carbocycles. The van der Waals surface area contributed by atoms with E-state index in [1.54, 1.807) is 44.2 Å². The van der Waals surface area contributed by atoms with Gasteiger partial charge in [-0.2, -0.15) is 11.1 Å². The van der Waals surface area contributed by atoms with E-state index in [4.69, 9.17) is 0 Å². The summed E-state index contributed by atoms with van der Waals surface area (Å²) in [6.07, 6.45) is 23.7. The van der Waals surface area contributed by atoms with E-state index in [2.05, 4.69) is 52.0 Å². The molecule has 0 aliphatic heterocycles. The molecule has 150 valence electrons. The van der Waals surface area contributed by atoms with E-state index in [0.29, 0.717) is 0 Å². The van der Waals surface area contributed by atoms with Crippen LogP contribution in [0.5, 0.6) is 0 Å². The van der Waals surface area contributed by atoms with Crippen molar-refractivity contribution < 1.29 is 49.0 Å². The normalized spacial score (nSPS) is 23.9. The summed E-state index contributed by atoms with van der Waals surface area (Å²) in [5.41, 5.74) is 6.38. The molecule has 3 heteroatoms. The van der Waals surface area contributed by atoms with Crippen LogP contribution in [0.4, 0.5) is 0 Å². The van der Waals surface area contributed by atoms with Gasteiger partial charge in [0.05, 0.1) is 0 Å². The van der Waals surface area contributed by atoms with Gasteiger partial charge in [-0.05, 0) is 6.42 Å². The summed E-state index contributed by atoms with van der Waals surface area (Å²) in [4.78, 5) is 0. The van der Waals surface area contributed by atoms with Crippen LogP contribution < -0.4 is 24.8 Å². The number of halogens is 2. The maximum absolute atomic E-state index is 3.88. The Balaban J connectivity index is 0.000000640. The van der Waals surface area contributed by atoms with Crippen molar-refractivity contribution >= 4 is 3.21 Å². The van der Waals surface area contributed by atoms with Gasteiger partial charge in [-0.3, -0.25) is 6.08 Å². The molecule has 3 aliphatic carbocycles. The van der Waals surface area contributed by atoms with Crippen LogP contribution in [0.1, 0.15) is 91.9 Å². The summed E-state index contributed by atoms with van der Waals surface area (Å²) in [6.45, 7) is 9.17. The van der Waals surface area contributed by atoms with Gasteiger partial charge < -0.3 is 24.8 Å². The van der Waals surface area contributed by atoms with Gasteiger partial charge in [0.1, 0.15) is 0 Å². The van der Waals surface area contributed by atoms with Crippen molar-refractivity contribution in [3.63, 3.8) is 0 Å². The van der Waals surface area contributed by atoms with E-state index >= 15 is 0 Å². The molecule has 27 heavy (non-hydrogen) atoms. The van der Waals surface area contributed by atoms with Crippen LogP contribution in [-0.2, 0) is 24.2 Å². The zero-order valence-electron chi connectivity index (χ0n) is 17.6. The Morgan fingerprint density at radius 1 is 0.963 bits per heavy atom. The second kappa shape index (κ2) is 13.5. The Morgan fingerprint density at radius 3 is 2.00 bits per heavy atom. The minimum absolute atomic E-state index is 0. The molecule has 1 saturated carbocycles. The molecule has 0 aromatic rings. The predicted molar refractivity (Wildman–Crippen MR) is 107 cm³/mol. The number of hydrogen-bond acceptors (Lipinski definition) is 0. The number of allylic oxidation sites excluding steroid dienone is 8. The summed E-state index contributed by atoms with van der Waals surface area (Å²) in [5, 5.41) is 0. The quantitative estimate of drug-likeness (QED) is 0.514. The molecular formula is C24H35Cl2Zr-. The first-order chi connectivity index (χ1) is 12.1.